The summed E-state index contributed by atoms with van der Waals surface area (Å²) in [7, 11) is 0. The topological polar surface area (TPSA) is 152 Å². The number of carbonyl (C=O) groups excluding carboxylic acids is 3. The van der Waals surface area contributed by atoms with Crippen LogP contribution < -0.4 is 21.7 Å². The lowest BCUT2D eigenvalue weighted by atomic mass is 9.93. The number of hydrogen-bond acceptors (Lipinski definition) is 6. The van der Waals surface area contributed by atoms with Crippen molar-refractivity contribution in [3.63, 3.8) is 0 Å². The first-order valence-corrected chi connectivity index (χ1v) is 9.35. The Hall–Kier alpha value is -4.21. The first-order chi connectivity index (χ1) is 14.6. The third-order valence-corrected chi connectivity index (χ3v) is 4.18. The summed E-state index contributed by atoms with van der Waals surface area (Å²) in [6.45, 7) is 5.92. The van der Waals surface area contributed by atoms with Crippen molar-refractivity contribution in [1.82, 2.24) is 10.1 Å². The van der Waals surface area contributed by atoms with Crippen LogP contribution in [0.1, 0.15) is 47.4 Å². The Balaban J connectivity index is 1.60. The van der Waals surface area contributed by atoms with Crippen molar-refractivity contribution < 1.29 is 18.9 Å². The molecule has 0 atom stereocenters. The molecular formula is C21H22N6O4. The predicted molar refractivity (Wildman–Crippen MR) is 115 cm³/mol. The Morgan fingerprint density at radius 1 is 0.968 bits per heavy atom. The van der Waals surface area contributed by atoms with Gasteiger partial charge in [-0.1, -0.05) is 25.9 Å². The maximum Gasteiger partial charge on any atom is 0.324 e. The zero-order valence-electron chi connectivity index (χ0n) is 17.2. The molecule has 2 heterocycles. The summed E-state index contributed by atoms with van der Waals surface area (Å²) in [6, 6.07) is 10.5. The zero-order chi connectivity index (χ0) is 22.6. The standard InChI is InChI=1S/C21H22N6O4/c1-21(2,3)15-11-16(27-31-15)26-20(30)25-13-8-6-12(7-9-13)24-19(29)17-14(18(22)28)5-4-10-23-17/h4-11H,1-3H3,(H2,22,28)(H,24,29)(H2,25,26,27,30). The van der Waals surface area contributed by atoms with E-state index >= 15 is 0 Å². The van der Waals surface area contributed by atoms with Crippen molar-refractivity contribution in [3.05, 3.63) is 65.7 Å². The molecule has 4 amide bonds. The highest BCUT2D eigenvalue weighted by Crippen LogP contribution is 2.24. The molecular weight excluding hydrogens is 400 g/mol. The molecule has 0 aliphatic carbocycles. The third kappa shape index (κ3) is 5.44. The van der Waals surface area contributed by atoms with E-state index in [1.807, 2.05) is 20.8 Å². The average Bonchev–Trinajstić information content (AvgIpc) is 3.18. The number of anilines is 3. The second-order valence-electron chi connectivity index (χ2n) is 7.70. The lowest BCUT2D eigenvalue weighted by molar-refractivity contribution is 0.0974. The fourth-order valence-electron chi connectivity index (χ4n) is 2.58. The Morgan fingerprint density at radius 2 is 1.61 bits per heavy atom. The Kier molecular flexibility index (Phi) is 6.00. The number of nitrogens with one attached hydrogen (secondary N) is 3. The fraction of sp³-hybridized carbons (Fsp3) is 0.190. The number of pyridine rings is 1. The molecule has 1 aromatic carbocycles. The van der Waals surface area contributed by atoms with E-state index in [9.17, 15) is 14.4 Å². The van der Waals surface area contributed by atoms with Crippen LogP contribution in [0.3, 0.4) is 0 Å². The molecule has 0 radical (unpaired) electrons. The summed E-state index contributed by atoms with van der Waals surface area (Å²) in [4.78, 5) is 39.9. The van der Waals surface area contributed by atoms with Gasteiger partial charge in [-0.05, 0) is 36.4 Å². The van der Waals surface area contributed by atoms with Crippen LogP contribution in [0.25, 0.3) is 0 Å². The zero-order valence-corrected chi connectivity index (χ0v) is 17.2. The fourth-order valence-corrected chi connectivity index (χ4v) is 2.58. The average molecular weight is 422 g/mol. The van der Waals surface area contributed by atoms with E-state index in [0.717, 1.165) is 0 Å². The molecule has 0 spiro atoms. The summed E-state index contributed by atoms with van der Waals surface area (Å²) in [6.07, 6.45) is 1.40. The summed E-state index contributed by atoms with van der Waals surface area (Å²) in [5.74, 6) is -0.374. The number of amides is 4. The van der Waals surface area contributed by atoms with Gasteiger partial charge in [0.2, 0.25) is 0 Å². The van der Waals surface area contributed by atoms with Gasteiger partial charge in [-0.3, -0.25) is 19.9 Å². The first kappa shape index (κ1) is 21.5. The predicted octanol–water partition coefficient (Wildman–Crippen LogP) is 3.36. The second-order valence-corrected chi connectivity index (χ2v) is 7.70. The van der Waals surface area contributed by atoms with Gasteiger partial charge in [0.1, 0.15) is 11.5 Å². The maximum atomic E-state index is 12.4. The number of urea groups is 1. The van der Waals surface area contributed by atoms with Gasteiger partial charge in [-0.2, -0.15) is 0 Å². The minimum Gasteiger partial charge on any atom is -0.366 e. The first-order valence-electron chi connectivity index (χ1n) is 9.35. The lowest BCUT2D eigenvalue weighted by Gasteiger charge is -2.12. The van der Waals surface area contributed by atoms with Gasteiger partial charge in [0.05, 0.1) is 5.56 Å². The highest BCUT2D eigenvalue weighted by atomic mass is 16.5. The lowest BCUT2D eigenvalue weighted by Crippen LogP contribution is -2.22. The van der Waals surface area contributed by atoms with Gasteiger partial charge in [0, 0.05) is 29.1 Å². The van der Waals surface area contributed by atoms with Crippen molar-refractivity contribution in [2.45, 2.75) is 26.2 Å². The van der Waals surface area contributed by atoms with Crippen LogP contribution in [-0.4, -0.2) is 28.0 Å². The largest absolute Gasteiger partial charge is 0.366 e. The number of nitrogens with two attached hydrogens (primary N) is 1. The van der Waals surface area contributed by atoms with Crippen LogP contribution in [0.4, 0.5) is 22.0 Å². The number of nitrogens with zero attached hydrogens (tertiary/aromatic N) is 2. The van der Waals surface area contributed by atoms with Gasteiger partial charge < -0.3 is 20.9 Å². The van der Waals surface area contributed by atoms with Gasteiger partial charge >= 0.3 is 6.03 Å². The molecule has 0 fully saturated rings. The monoisotopic (exact) mass is 422 g/mol. The van der Waals surface area contributed by atoms with Gasteiger partial charge in [-0.25, -0.2) is 4.79 Å². The van der Waals surface area contributed by atoms with Crippen molar-refractivity contribution in [3.8, 4) is 0 Å². The molecule has 5 N–H and O–H groups in total. The summed E-state index contributed by atoms with van der Waals surface area (Å²) in [5, 5.41) is 11.7. The van der Waals surface area contributed by atoms with E-state index in [0.29, 0.717) is 23.0 Å². The summed E-state index contributed by atoms with van der Waals surface area (Å²) < 4.78 is 5.23. The van der Waals surface area contributed by atoms with Crippen LogP contribution in [0, 0.1) is 0 Å². The van der Waals surface area contributed by atoms with Crippen molar-refractivity contribution >= 4 is 35.0 Å². The molecule has 0 bridgehead atoms. The summed E-state index contributed by atoms with van der Waals surface area (Å²) >= 11 is 0. The Labute approximate surface area is 178 Å². The molecule has 2 aromatic heterocycles. The van der Waals surface area contributed by atoms with E-state index in [1.165, 1.54) is 18.3 Å². The highest BCUT2D eigenvalue weighted by molar-refractivity contribution is 6.10. The maximum absolute atomic E-state index is 12.4. The number of primary amides is 1. The molecule has 31 heavy (non-hydrogen) atoms. The number of carbonyl (C=O) groups is 3. The molecule has 160 valence electrons. The Morgan fingerprint density at radius 3 is 2.19 bits per heavy atom. The summed E-state index contributed by atoms with van der Waals surface area (Å²) in [5.41, 5.74) is 5.94. The quantitative estimate of drug-likeness (QED) is 0.495. The molecule has 3 rings (SSSR count). The van der Waals surface area contributed by atoms with Gasteiger partial charge in [-0.15, -0.1) is 0 Å². The van der Waals surface area contributed by atoms with E-state index in [4.69, 9.17) is 10.3 Å². The van der Waals surface area contributed by atoms with E-state index in [1.54, 1.807) is 30.3 Å². The third-order valence-electron chi connectivity index (χ3n) is 4.18. The van der Waals surface area contributed by atoms with Gasteiger partial charge in [0.25, 0.3) is 11.8 Å². The van der Waals surface area contributed by atoms with Gasteiger partial charge in [0.15, 0.2) is 5.82 Å². The molecule has 0 unspecified atom stereocenters. The second kappa shape index (κ2) is 8.66. The van der Waals surface area contributed by atoms with Crippen LogP contribution in [0.2, 0.25) is 0 Å². The SMILES string of the molecule is CC(C)(C)c1cc(NC(=O)Nc2ccc(NC(=O)c3ncccc3C(N)=O)cc2)no1. The molecule has 0 aliphatic heterocycles. The molecule has 10 nitrogen and oxygen atoms in total. The van der Waals surface area contributed by atoms with Crippen LogP contribution in [-0.2, 0) is 5.41 Å². The smallest absolute Gasteiger partial charge is 0.324 e. The van der Waals surface area contributed by atoms with E-state index in [2.05, 4.69) is 26.1 Å². The minimum absolute atomic E-state index is 0.0254. The van der Waals surface area contributed by atoms with Crippen molar-refractivity contribution in [2.75, 3.05) is 16.0 Å². The molecule has 0 saturated carbocycles. The van der Waals surface area contributed by atoms with E-state index in [-0.39, 0.29) is 16.7 Å². The molecule has 3 aromatic rings. The number of hydrogen-bond donors (Lipinski definition) is 4. The Bertz CT molecular complexity index is 1120. The van der Waals surface area contributed by atoms with Crippen molar-refractivity contribution in [1.29, 1.82) is 0 Å². The van der Waals surface area contributed by atoms with E-state index < -0.39 is 17.8 Å². The van der Waals surface area contributed by atoms with Crippen molar-refractivity contribution in [2.24, 2.45) is 5.73 Å². The normalized spacial score (nSPS) is 10.9. The highest BCUT2D eigenvalue weighted by Gasteiger charge is 2.20. The van der Waals surface area contributed by atoms with Crippen LogP contribution in [0.15, 0.2) is 53.2 Å². The molecule has 0 aliphatic rings. The number of rotatable bonds is 5. The molecule has 10 heteroatoms. The van der Waals surface area contributed by atoms with Crippen LogP contribution in [0.5, 0.6) is 0 Å². The number of benzene rings is 1. The molecule has 0 saturated heterocycles. The van der Waals surface area contributed by atoms with Crippen LogP contribution >= 0.6 is 0 Å². The number of aromatic nitrogens is 2. The minimum atomic E-state index is -0.745.